The molecule has 2 rings (SSSR count). The van der Waals surface area contributed by atoms with Crippen LogP contribution in [0.4, 0.5) is 0 Å². The van der Waals surface area contributed by atoms with Crippen molar-refractivity contribution in [2.45, 2.75) is 34.2 Å². The minimum Gasteiger partial charge on any atom is -0.312 e. The van der Waals surface area contributed by atoms with E-state index in [0.717, 1.165) is 19.0 Å². The molecule has 16 heavy (non-hydrogen) atoms. The SMILES string of the molecule is CC1(C)C(CNCc2cc(Br)cs2)C1(C)C. The van der Waals surface area contributed by atoms with Crippen LogP contribution in [-0.4, -0.2) is 6.54 Å². The molecular weight excluding hydrogens is 282 g/mol. The average molecular weight is 302 g/mol. The Bertz CT molecular complexity index is 367. The lowest BCUT2D eigenvalue weighted by Crippen LogP contribution is -2.18. The molecule has 0 aliphatic heterocycles. The van der Waals surface area contributed by atoms with Gasteiger partial charge in [0.05, 0.1) is 0 Å². The van der Waals surface area contributed by atoms with Gasteiger partial charge in [0.2, 0.25) is 0 Å². The minimum atomic E-state index is 0.496. The lowest BCUT2D eigenvalue weighted by atomic mass is 10.0. The van der Waals surface area contributed by atoms with Crippen molar-refractivity contribution in [3.8, 4) is 0 Å². The molecule has 1 aliphatic carbocycles. The zero-order valence-electron chi connectivity index (χ0n) is 10.4. The molecule has 1 N–H and O–H groups in total. The van der Waals surface area contributed by atoms with E-state index < -0.39 is 0 Å². The van der Waals surface area contributed by atoms with Gasteiger partial charge < -0.3 is 5.32 Å². The molecule has 1 saturated carbocycles. The van der Waals surface area contributed by atoms with Crippen LogP contribution in [0.1, 0.15) is 32.6 Å². The number of thiophene rings is 1. The van der Waals surface area contributed by atoms with E-state index in [1.165, 1.54) is 9.35 Å². The normalized spacial score (nSPS) is 22.3. The van der Waals surface area contributed by atoms with E-state index in [4.69, 9.17) is 0 Å². The predicted molar refractivity (Wildman–Crippen MR) is 74.8 cm³/mol. The topological polar surface area (TPSA) is 12.0 Å². The molecule has 0 amide bonds. The highest BCUT2D eigenvalue weighted by atomic mass is 79.9. The van der Waals surface area contributed by atoms with Crippen molar-refractivity contribution < 1.29 is 0 Å². The quantitative estimate of drug-likeness (QED) is 0.875. The second-order valence-electron chi connectivity index (χ2n) is 5.86. The fourth-order valence-electron chi connectivity index (χ4n) is 2.63. The third-order valence-electron chi connectivity index (χ3n) is 4.59. The molecular formula is C13H20BrNS. The van der Waals surface area contributed by atoms with Gasteiger partial charge in [-0.15, -0.1) is 11.3 Å². The van der Waals surface area contributed by atoms with Crippen molar-refractivity contribution in [2.24, 2.45) is 16.7 Å². The molecule has 1 aliphatic rings. The van der Waals surface area contributed by atoms with Gasteiger partial charge in [0.15, 0.2) is 0 Å². The van der Waals surface area contributed by atoms with E-state index in [-0.39, 0.29) is 0 Å². The van der Waals surface area contributed by atoms with Crippen LogP contribution in [-0.2, 0) is 6.54 Å². The first kappa shape index (κ1) is 12.6. The Morgan fingerprint density at radius 2 is 1.94 bits per heavy atom. The Morgan fingerprint density at radius 1 is 1.31 bits per heavy atom. The van der Waals surface area contributed by atoms with E-state index in [2.05, 4.69) is 60.4 Å². The second kappa shape index (κ2) is 4.11. The van der Waals surface area contributed by atoms with Gasteiger partial charge in [0, 0.05) is 21.3 Å². The van der Waals surface area contributed by atoms with Gasteiger partial charge in [0.1, 0.15) is 0 Å². The molecule has 3 heteroatoms. The summed E-state index contributed by atoms with van der Waals surface area (Å²) < 4.78 is 1.20. The third kappa shape index (κ3) is 2.09. The van der Waals surface area contributed by atoms with Gasteiger partial charge in [-0.05, 0) is 45.3 Å². The second-order valence-corrected chi connectivity index (χ2v) is 7.77. The summed E-state index contributed by atoms with van der Waals surface area (Å²) in [4.78, 5) is 1.41. The number of nitrogens with one attached hydrogen (secondary N) is 1. The number of rotatable bonds is 4. The lowest BCUT2D eigenvalue weighted by Gasteiger charge is -2.04. The zero-order valence-corrected chi connectivity index (χ0v) is 12.8. The summed E-state index contributed by atoms with van der Waals surface area (Å²) >= 11 is 5.30. The maximum Gasteiger partial charge on any atom is 0.0300 e. The van der Waals surface area contributed by atoms with E-state index >= 15 is 0 Å². The molecule has 1 nitrogen and oxygen atoms in total. The molecule has 1 aromatic heterocycles. The number of halogens is 1. The van der Waals surface area contributed by atoms with Gasteiger partial charge in [-0.3, -0.25) is 0 Å². The van der Waals surface area contributed by atoms with Crippen molar-refractivity contribution >= 4 is 27.3 Å². The molecule has 90 valence electrons. The number of hydrogen-bond donors (Lipinski definition) is 1. The highest BCUT2D eigenvalue weighted by molar-refractivity contribution is 9.10. The summed E-state index contributed by atoms with van der Waals surface area (Å²) in [5.41, 5.74) is 0.992. The average Bonchev–Trinajstić information content (AvgIpc) is 2.53. The summed E-state index contributed by atoms with van der Waals surface area (Å²) in [7, 11) is 0. The minimum absolute atomic E-state index is 0.496. The van der Waals surface area contributed by atoms with E-state index in [0.29, 0.717) is 10.8 Å². The Balaban J connectivity index is 1.78. The largest absolute Gasteiger partial charge is 0.312 e. The Kier molecular flexibility index (Phi) is 3.23. The summed E-state index contributed by atoms with van der Waals surface area (Å²) in [5.74, 6) is 0.809. The molecule has 1 fully saturated rings. The smallest absolute Gasteiger partial charge is 0.0300 e. The summed E-state index contributed by atoms with van der Waals surface area (Å²) in [6.07, 6.45) is 0. The van der Waals surface area contributed by atoms with Gasteiger partial charge in [0.25, 0.3) is 0 Å². The van der Waals surface area contributed by atoms with E-state index in [1.54, 1.807) is 0 Å². The standard InChI is InChI=1S/C13H20BrNS/c1-12(2)11(13(12,3)4)7-15-6-10-5-9(14)8-16-10/h5,8,11,15H,6-7H2,1-4H3. The highest BCUT2D eigenvalue weighted by Crippen LogP contribution is 2.67. The number of hydrogen-bond acceptors (Lipinski definition) is 2. The maximum atomic E-state index is 3.58. The monoisotopic (exact) mass is 301 g/mol. The molecule has 0 unspecified atom stereocenters. The van der Waals surface area contributed by atoms with Crippen LogP contribution in [0.15, 0.2) is 15.9 Å². The Hall–Kier alpha value is 0.140. The van der Waals surface area contributed by atoms with E-state index in [1.807, 2.05) is 11.3 Å². The zero-order chi connectivity index (χ0) is 12.0. The molecule has 1 heterocycles. The fraction of sp³-hybridized carbons (Fsp3) is 0.692. The van der Waals surface area contributed by atoms with Crippen molar-refractivity contribution in [3.63, 3.8) is 0 Å². The fourth-order valence-corrected chi connectivity index (χ4v) is 4.05. The van der Waals surface area contributed by atoms with Crippen molar-refractivity contribution in [1.82, 2.24) is 5.32 Å². The molecule has 0 radical (unpaired) electrons. The first-order valence-corrected chi connectivity index (χ1v) is 7.46. The Labute approximate surface area is 111 Å². The highest BCUT2D eigenvalue weighted by Gasteiger charge is 2.63. The lowest BCUT2D eigenvalue weighted by molar-refractivity contribution is 0.457. The van der Waals surface area contributed by atoms with Crippen LogP contribution in [0.3, 0.4) is 0 Å². The molecule has 1 aromatic rings. The van der Waals surface area contributed by atoms with Crippen LogP contribution in [0.2, 0.25) is 0 Å². The van der Waals surface area contributed by atoms with Crippen LogP contribution in [0.5, 0.6) is 0 Å². The van der Waals surface area contributed by atoms with E-state index in [9.17, 15) is 0 Å². The first-order valence-electron chi connectivity index (χ1n) is 5.79. The first-order chi connectivity index (χ1) is 7.35. The van der Waals surface area contributed by atoms with Crippen molar-refractivity contribution in [1.29, 1.82) is 0 Å². The van der Waals surface area contributed by atoms with Crippen LogP contribution in [0, 0.1) is 16.7 Å². The van der Waals surface area contributed by atoms with Gasteiger partial charge in [-0.2, -0.15) is 0 Å². The maximum absolute atomic E-state index is 3.58. The molecule has 0 atom stereocenters. The molecule has 0 spiro atoms. The predicted octanol–water partition coefficient (Wildman–Crippen LogP) is 4.28. The van der Waals surface area contributed by atoms with Crippen molar-refractivity contribution in [2.75, 3.05) is 6.54 Å². The Morgan fingerprint density at radius 3 is 2.38 bits per heavy atom. The molecule has 0 aromatic carbocycles. The van der Waals surface area contributed by atoms with Gasteiger partial charge in [-0.25, -0.2) is 0 Å². The van der Waals surface area contributed by atoms with Gasteiger partial charge in [-0.1, -0.05) is 27.7 Å². The summed E-state index contributed by atoms with van der Waals surface area (Å²) in [6, 6.07) is 2.20. The summed E-state index contributed by atoms with van der Waals surface area (Å²) in [5, 5.41) is 5.72. The summed E-state index contributed by atoms with van der Waals surface area (Å²) in [6.45, 7) is 11.6. The molecule has 0 saturated heterocycles. The van der Waals surface area contributed by atoms with Crippen molar-refractivity contribution in [3.05, 3.63) is 20.8 Å². The molecule has 0 bridgehead atoms. The van der Waals surface area contributed by atoms with Crippen LogP contribution in [0.25, 0.3) is 0 Å². The third-order valence-corrected chi connectivity index (χ3v) is 6.29. The van der Waals surface area contributed by atoms with Crippen LogP contribution < -0.4 is 5.32 Å². The van der Waals surface area contributed by atoms with Crippen LogP contribution >= 0.6 is 27.3 Å². The van der Waals surface area contributed by atoms with Gasteiger partial charge >= 0.3 is 0 Å².